The summed E-state index contributed by atoms with van der Waals surface area (Å²) in [6.07, 6.45) is 5.37. The molecular formula is C12H25N3. The third-order valence-electron chi connectivity index (χ3n) is 4.06. The van der Waals surface area contributed by atoms with Crippen LogP contribution < -0.4 is 5.73 Å². The number of piperidine rings is 1. The summed E-state index contributed by atoms with van der Waals surface area (Å²) in [7, 11) is 2.23. The molecule has 0 spiro atoms. The first kappa shape index (κ1) is 11.4. The van der Waals surface area contributed by atoms with Gasteiger partial charge in [-0.05, 0) is 45.8 Å². The van der Waals surface area contributed by atoms with Crippen LogP contribution in [0.4, 0.5) is 0 Å². The van der Waals surface area contributed by atoms with Gasteiger partial charge in [0.15, 0.2) is 0 Å². The summed E-state index contributed by atoms with van der Waals surface area (Å²) in [4.78, 5) is 5.13. The van der Waals surface area contributed by atoms with Gasteiger partial charge in [-0.2, -0.15) is 0 Å². The Balaban J connectivity index is 2.10. The molecule has 1 saturated heterocycles. The maximum atomic E-state index is 6.07. The van der Waals surface area contributed by atoms with Crippen LogP contribution in [0.15, 0.2) is 0 Å². The summed E-state index contributed by atoms with van der Waals surface area (Å²) >= 11 is 0. The van der Waals surface area contributed by atoms with Crippen molar-refractivity contribution in [2.45, 2.75) is 44.2 Å². The molecule has 1 saturated carbocycles. The lowest BCUT2D eigenvalue weighted by molar-refractivity contribution is 0.0233. The molecule has 2 N–H and O–H groups in total. The van der Waals surface area contributed by atoms with E-state index >= 15 is 0 Å². The lowest BCUT2D eigenvalue weighted by Gasteiger charge is -2.48. The number of hydrogen-bond acceptors (Lipinski definition) is 3. The van der Waals surface area contributed by atoms with Crippen LogP contribution in [0.25, 0.3) is 0 Å². The Kier molecular flexibility index (Phi) is 3.33. The molecule has 0 radical (unpaired) electrons. The third kappa shape index (κ3) is 2.19. The molecule has 88 valence electrons. The monoisotopic (exact) mass is 211 g/mol. The smallest absolute Gasteiger partial charge is 0.0461 e. The summed E-state index contributed by atoms with van der Waals surface area (Å²) in [5.74, 6) is 0. The topological polar surface area (TPSA) is 32.5 Å². The Morgan fingerprint density at radius 3 is 2.67 bits per heavy atom. The molecule has 3 heteroatoms. The van der Waals surface area contributed by atoms with Gasteiger partial charge in [0.25, 0.3) is 0 Å². The second kappa shape index (κ2) is 4.40. The molecule has 2 fully saturated rings. The predicted octanol–water partition coefficient (Wildman–Crippen LogP) is 0.894. The quantitative estimate of drug-likeness (QED) is 0.750. The van der Waals surface area contributed by atoms with Crippen LogP contribution in [0.1, 0.15) is 32.6 Å². The number of rotatable bonds is 4. The molecular weight excluding hydrogens is 186 g/mol. The van der Waals surface area contributed by atoms with Gasteiger partial charge in [-0.1, -0.05) is 6.92 Å². The second-order valence-electron chi connectivity index (χ2n) is 5.29. The minimum absolute atomic E-state index is 0.281. The summed E-state index contributed by atoms with van der Waals surface area (Å²) < 4.78 is 0. The van der Waals surface area contributed by atoms with E-state index in [1.807, 2.05) is 0 Å². The number of likely N-dealkylation sites (tertiary alicyclic amines) is 1. The highest BCUT2D eigenvalue weighted by Gasteiger charge is 2.44. The van der Waals surface area contributed by atoms with Crippen LogP contribution in [0.2, 0.25) is 0 Å². The minimum atomic E-state index is 0.281. The third-order valence-corrected chi connectivity index (χ3v) is 4.06. The van der Waals surface area contributed by atoms with Crippen molar-refractivity contribution in [1.29, 1.82) is 0 Å². The fourth-order valence-electron chi connectivity index (χ4n) is 3.22. The standard InChI is InChI=1S/C12H25N3/c1-3-15(11-5-6-11)12(9-13)7-4-8-14(2)10-12/h11H,3-10,13H2,1-2H3. The zero-order chi connectivity index (χ0) is 10.9. The van der Waals surface area contributed by atoms with Gasteiger partial charge in [-0.25, -0.2) is 0 Å². The molecule has 0 amide bonds. The first-order chi connectivity index (χ1) is 7.22. The van der Waals surface area contributed by atoms with Gasteiger partial charge in [0.05, 0.1) is 0 Å². The summed E-state index contributed by atoms with van der Waals surface area (Å²) in [6, 6.07) is 0.838. The van der Waals surface area contributed by atoms with Gasteiger partial charge in [-0.3, -0.25) is 4.90 Å². The maximum absolute atomic E-state index is 6.07. The van der Waals surface area contributed by atoms with Crippen molar-refractivity contribution in [3.05, 3.63) is 0 Å². The molecule has 0 aromatic heterocycles. The van der Waals surface area contributed by atoms with Crippen LogP contribution in [-0.4, -0.2) is 54.6 Å². The van der Waals surface area contributed by atoms with Crippen molar-refractivity contribution in [3.63, 3.8) is 0 Å². The molecule has 15 heavy (non-hydrogen) atoms. The molecule has 2 aliphatic rings. The van der Waals surface area contributed by atoms with E-state index in [9.17, 15) is 0 Å². The highest BCUT2D eigenvalue weighted by Crippen LogP contribution is 2.36. The normalized spacial score (nSPS) is 33.6. The van der Waals surface area contributed by atoms with E-state index in [4.69, 9.17) is 5.73 Å². The van der Waals surface area contributed by atoms with E-state index in [0.717, 1.165) is 25.7 Å². The maximum Gasteiger partial charge on any atom is 0.0461 e. The van der Waals surface area contributed by atoms with E-state index in [0.29, 0.717) is 0 Å². The Labute approximate surface area is 93.6 Å². The number of likely N-dealkylation sites (N-methyl/N-ethyl adjacent to an activating group) is 2. The SMILES string of the molecule is CCN(C1CC1)C1(CN)CCCN(C)C1. The molecule has 1 unspecified atom stereocenters. The number of hydrogen-bond donors (Lipinski definition) is 1. The van der Waals surface area contributed by atoms with Crippen LogP contribution >= 0.6 is 0 Å². The minimum Gasteiger partial charge on any atom is -0.329 e. The molecule has 1 aliphatic heterocycles. The molecule has 1 heterocycles. The van der Waals surface area contributed by atoms with Gasteiger partial charge in [0.1, 0.15) is 0 Å². The van der Waals surface area contributed by atoms with Crippen molar-refractivity contribution in [1.82, 2.24) is 9.80 Å². The van der Waals surface area contributed by atoms with Crippen LogP contribution in [0, 0.1) is 0 Å². The van der Waals surface area contributed by atoms with E-state index in [-0.39, 0.29) is 5.54 Å². The fourth-order valence-corrected chi connectivity index (χ4v) is 3.22. The average Bonchev–Trinajstić information content (AvgIpc) is 3.03. The van der Waals surface area contributed by atoms with Crippen LogP contribution in [0.5, 0.6) is 0 Å². The van der Waals surface area contributed by atoms with Crippen molar-refractivity contribution in [2.75, 3.05) is 33.2 Å². The molecule has 1 aliphatic carbocycles. The summed E-state index contributed by atoms with van der Waals surface area (Å²) in [5.41, 5.74) is 6.35. The van der Waals surface area contributed by atoms with E-state index < -0.39 is 0 Å². The Morgan fingerprint density at radius 2 is 2.20 bits per heavy atom. The average molecular weight is 211 g/mol. The lowest BCUT2D eigenvalue weighted by Crippen LogP contribution is -2.62. The molecule has 1 atom stereocenters. The van der Waals surface area contributed by atoms with Crippen LogP contribution in [-0.2, 0) is 0 Å². The zero-order valence-electron chi connectivity index (χ0n) is 10.2. The number of nitrogens with two attached hydrogens (primary N) is 1. The first-order valence-corrected chi connectivity index (χ1v) is 6.37. The van der Waals surface area contributed by atoms with Gasteiger partial charge < -0.3 is 10.6 Å². The summed E-state index contributed by atoms with van der Waals surface area (Å²) in [5, 5.41) is 0. The largest absolute Gasteiger partial charge is 0.329 e. The van der Waals surface area contributed by atoms with Crippen molar-refractivity contribution < 1.29 is 0 Å². The Hall–Kier alpha value is -0.120. The predicted molar refractivity (Wildman–Crippen MR) is 63.9 cm³/mol. The molecule has 2 rings (SSSR count). The molecule has 3 nitrogen and oxygen atoms in total. The van der Waals surface area contributed by atoms with Gasteiger partial charge in [-0.15, -0.1) is 0 Å². The van der Waals surface area contributed by atoms with Crippen LogP contribution in [0.3, 0.4) is 0 Å². The van der Waals surface area contributed by atoms with Gasteiger partial charge in [0, 0.05) is 24.7 Å². The summed E-state index contributed by atoms with van der Waals surface area (Å²) in [6.45, 7) is 6.67. The second-order valence-corrected chi connectivity index (χ2v) is 5.29. The zero-order valence-corrected chi connectivity index (χ0v) is 10.2. The Bertz CT molecular complexity index is 215. The van der Waals surface area contributed by atoms with E-state index in [2.05, 4.69) is 23.8 Å². The van der Waals surface area contributed by atoms with E-state index in [1.54, 1.807) is 0 Å². The Morgan fingerprint density at radius 1 is 1.47 bits per heavy atom. The van der Waals surface area contributed by atoms with Gasteiger partial charge in [0.2, 0.25) is 0 Å². The lowest BCUT2D eigenvalue weighted by atomic mass is 9.87. The molecule has 0 bridgehead atoms. The van der Waals surface area contributed by atoms with E-state index in [1.165, 1.54) is 32.2 Å². The molecule has 0 aromatic carbocycles. The van der Waals surface area contributed by atoms with Crippen molar-refractivity contribution in [2.24, 2.45) is 5.73 Å². The van der Waals surface area contributed by atoms with Crippen molar-refractivity contribution in [3.8, 4) is 0 Å². The van der Waals surface area contributed by atoms with Crippen molar-refractivity contribution >= 4 is 0 Å². The highest BCUT2D eigenvalue weighted by atomic mass is 15.3. The van der Waals surface area contributed by atoms with Gasteiger partial charge >= 0.3 is 0 Å². The fraction of sp³-hybridized carbons (Fsp3) is 1.00. The number of nitrogens with zero attached hydrogens (tertiary/aromatic N) is 2. The first-order valence-electron chi connectivity index (χ1n) is 6.37. The highest BCUT2D eigenvalue weighted by molar-refractivity contribution is 5.02. The molecule has 0 aromatic rings.